The summed E-state index contributed by atoms with van der Waals surface area (Å²) in [5.41, 5.74) is -0.479. The topological polar surface area (TPSA) is 29.1 Å². The van der Waals surface area contributed by atoms with Crippen LogP contribution in [0.25, 0.3) is 6.08 Å². The van der Waals surface area contributed by atoms with Crippen LogP contribution in [-0.4, -0.2) is 30.5 Å². The van der Waals surface area contributed by atoms with Gasteiger partial charge in [0.05, 0.1) is 44.4 Å². The lowest BCUT2D eigenvalue weighted by atomic mass is 9.97. The summed E-state index contributed by atoms with van der Waals surface area (Å²) >= 11 is 20.4. The number of amides is 1. The van der Waals surface area contributed by atoms with Gasteiger partial charge in [0.1, 0.15) is 0 Å². The molecule has 0 aromatic heterocycles. The maximum absolute atomic E-state index is 13.7. The number of carbonyl (C=O) groups excluding carboxylic acids is 1. The first-order valence-electron chi connectivity index (χ1n) is 9.95. The van der Waals surface area contributed by atoms with E-state index < -0.39 is 48.2 Å². The van der Waals surface area contributed by atoms with Crippen LogP contribution >= 0.6 is 50.7 Å². The molecular weight excluding hydrogens is 651 g/mol. The Bertz CT molecular complexity index is 1180. The first-order chi connectivity index (χ1) is 16.8. The lowest BCUT2D eigenvalue weighted by Gasteiger charge is -2.18. The molecule has 3 unspecified atom stereocenters. The molecule has 37 heavy (non-hydrogen) atoms. The molecule has 3 rings (SSSR count). The summed E-state index contributed by atoms with van der Waals surface area (Å²) in [6, 6.07) is 3.20. The molecule has 1 aliphatic rings. The molecule has 1 saturated carbocycles. The molecule has 0 spiro atoms. The van der Waals surface area contributed by atoms with Crippen molar-refractivity contribution in [1.82, 2.24) is 5.32 Å². The summed E-state index contributed by atoms with van der Waals surface area (Å²) in [6.07, 6.45) is -13.3. The average molecular weight is 664 g/mol. The van der Waals surface area contributed by atoms with Gasteiger partial charge in [0, 0.05) is 4.47 Å². The van der Waals surface area contributed by atoms with E-state index in [1.165, 1.54) is 12.1 Å². The van der Waals surface area contributed by atoms with E-state index in [-0.39, 0.29) is 36.2 Å². The number of halogens is 13. The van der Waals surface area contributed by atoms with E-state index in [1.54, 1.807) is 5.32 Å². The van der Waals surface area contributed by atoms with Gasteiger partial charge in [-0.2, -0.15) is 39.5 Å². The Kier molecular flexibility index (Phi) is 8.49. The maximum Gasteiger partial charge on any atom is 0.399 e. The third-order valence-corrected chi connectivity index (χ3v) is 7.36. The van der Waals surface area contributed by atoms with E-state index in [0.717, 1.165) is 30.4 Å². The number of hydrogen-bond donors (Lipinski definition) is 1. The maximum atomic E-state index is 13.7. The summed E-state index contributed by atoms with van der Waals surface area (Å²) in [6.45, 7) is 0. The fraction of sp³-hybridized carbons (Fsp3) is 0.318. The summed E-state index contributed by atoms with van der Waals surface area (Å²) in [4.78, 5) is 12.4. The molecule has 1 aliphatic carbocycles. The molecular formula is C22H12BrCl3F9NO. The van der Waals surface area contributed by atoms with Gasteiger partial charge in [-0.1, -0.05) is 53.0 Å². The minimum Gasteiger partial charge on any atom is -0.348 e. The molecule has 0 radical (unpaired) electrons. The zero-order valence-electron chi connectivity index (χ0n) is 17.7. The van der Waals surface area contributed by atoms with Crippen molar-refractivity contribution in [3.8, 4) is 0 Å². The van der Waals surface area contributed by atoms with Crippen molar-refractivity contribution in [2.24, 2.45) is 11.8 Å². The van der Waals surface area contributed by atoms with Crippen LogP contribution in [-0.2, 0) is 0 Å². The van der Waals surface area contributed by atoms with Crippen molar-refractivity contribution < 1.29 is 44.3 Å². The van der Waals surface area contributed by atoms with Crippen molar-refractivity contribution in [3.63, 3.8) is 0 Å². The quantitative estimate of drug-likeness (QED) is 0.251. The number of rotatable bonds is 5. The minimum absolute atomic E-state index is 0.0685. The first kappa shape index (κ1) is 29.9. The Morgan fingerprint density at radius 3 is 1.84 bits per heavy atom. The Morgan fingerprint density at radius 1 is 0.892 bits per heavy atom. The van der Waals surface area contributed by atoms with Crippen molar-refractivity contribution in [2.75, 3.05) is 0 Å². The Labute approximate surface area is 226 Å². The molecule has 2 aromatic carbocycles. The van der Waals surface area contributed by atoms with E-state index in [2.05, 4.69) is 15.9 Å². The predicted molar refractivity (Wildman–Crippen MR) is 124 cm³/mol. The molecule has 3 atom stereocenters. The Morgan fingerprint density at radius 2 is 1.41 bits per heavy atom. The fourth-order valence-corrected chi connectivity index (χ4v) is 4.91. The molecule has 2 nitrogen and oxygen atoms in total. The van der Waals surface area contributed by atoms with Crippen molar-refractivity contribution in [1.29, 1.82) is 0 Å². The first-order valence-corrected chi connectivity index (χ1v) is 11.9. The summed E-state index contributed by atoms with van der Waals surface area (Å²) in [5.74, 6) is -8.92. The summed E-state index contributed by atoms with van der Waals surface area (Å²) < 4.78 is 118. The van der Waals surface area contributed by atoms with E-state index in [4.69, 9.17) is 34.8 Å². The molecule has 1 N–H and O–H groups in total. The lowest BCUT2D eigenvalue weighted by Crippen LogP contribution is -2.31. The summed E-state index contributed by atoms with van der Waals surface area (Å²) in [5, 5.41) is 1.23. The number of allylic oxidation sites excluding steroid dienone is 1. The van der Waals surface area contributed by atoms with Crippen LogP contribution in [0.2, 0.25) is 15.1 Å². The third kappa shape index (κ3) is 6.88. The van der Waals surface area contributed by atoms with Crippen molar-refractivity contribution in [2.45, 2.75) is 30.5 Å². The van der Waals surface area contributed by atoms with E-state index in [1.807, 2.05) is 0 Å². The number of benzene rings is 2. The van der Waals surface area contributed by atoms with E-state index >= 15 is 0 Å². The molecule has 0 aliphatic heterocycles. The van der Waals surface area contributed by atoms with Crippen LogP contribution in [0, 0.1) is 11.8 Å². The zero-order valence-corrected chi connectivity index (χ0v) is 21.5. The van der Waals surface area contributed by atoms with E-state index in [0.29, 0.717) is 0 Å². The highest BCUT2D eigenvalue weighted by molar-refractivity contribution is 9.10. The van der Waals surface area contributed by atoms with E-state index in [9.17, 15) is 44.3 Å². The van der Waals surface area contributed by atoms with Gasteiger partial charge >= 0.3 is 18.5 Å². The van der Waals surface area contributed by atoms with Gasteiger partial charge in [-0.25, -0.2) is 0 Å². The van der Waals surface area contributed by atoms with Crippen LogP contribution < -0.4 is 5.32 Å². The van der Waals surface area contributed by atoms with Crippen LogP contribution in [0.15, 0.2) is 40.9 Å². The monoisotopic (exact) mass is 661 g/mol. The SMILES string of the molecule is O=C(NC1C(C(F)(F)F)C1C(F)(F)F)c1ccc(/C=C/C(c2cc(Cl)c(Cl)c(Cl)c2)C(F)(F)F)cc1Br. The number of alkyl halides is 9. The van der Waals surface area contributed by atoms with Gasteiger partial charge < -0.3 is 5.32 Å². The minimum atomic E-state index is -5.17. The standard InChI is InChI=1S/C22H12BrCl3F9NO/c23-12-5-8(2-4-11(20(27,28)29)9-6-13(24)17(26)14(25)7-9)1-3-10(12)19(37)36-18-15(21(30,31)32)16(18)22(33,34)35/h1-7,11,15-16,18H,(H,36,37)/b4-2+. The molecule has 15 heteroatoms. The second-order valence-electron chi connectivity index (χ2n) is 8.05. The van der Waals surface area contributed by atoms with Gasteiger partial charge in [0.15, 0.2) is 0 Å². The highest BCUT2D eigenvalue weighted by atomic mass is 79.9. The number of hydrogen-bond acceptors (Lipinski definition) is 1. The second kappa shape index (κ2) is 10.5. The fourth-order valence-electron chi connectivity index (χ4n) is 3.72. The van der Waals surface area contributed by atoms with Crippen molar-refractivity contribution >= 4 is 62.7 Å². The molecule has 0 heterocycles. The molecule has 0 bridgehead atoms. The lowest BCUT2D eigenvalue weighted by molar-refractivity contribution is -0.191. The highest BCUT2D eigenvalue weighted by Crippen LogP contribution is 2.57. The normalized spacial score (nSPS) is 21.3. The number of carbonyl (C=O) groups is 1. The van der Waals surface area contributed by atoms with Crippen LogP contribution in [0.4, 0.5) is 39.5 Å². The highest BCUT2D eigenvalue weighted by Gasteiger charge is 2.74. The zero-order chi connectivity index (χ0) is 28.1. The van der Waals surface area contributed by atoms with Gasteiger partial charge in [-0.15, -0.1) is 0 Å². The predicted octanol–water partition coefficient (Wildman–Crippen LogP) is 9.24. The smallest absolute Gasteiger partial charge is 0.348 e. The van der Waals surface area contributed by atoms with Crippen LogP contribution in [0.1, 0.15) is 27.4 Å². The number of nitrogens with one attached hydrogen (secondary N) is 1. The third-order valence-electron chi connectivity index (χ3n) is 5.51. The van der Waals surface area contributed by atoms with Gasteiger partial charge in [-0.05, 0) is 51.3 Å². The molecule has 0 saturated heterocycles. The summed E-state index contributed by atoms with van der Waals surface area (Å²) in [7, 11) is 0. The van der Waals surface area contributed by atoms with Crippen LogP contribution in [0.3, 0.4) is 0 Å². The van der Waals surface area contributed by atoms with Gasteiger partial charge in [0.25, 0.3) is 5.91 Å². The van der Waals surface area contributed by atoms with Crippen LogP contribution in [0.5, 0.6) is 0 Å². The largest absolute Gasteiger partial charge is 0.399 e. The molecule has 1 amide bonds. The van der Waals surface area contributed by atoms with Crippen molar-refractivity contribution in [3.05, 3.63) is 72.6 Å². The molecule has 202 valence electrons. The Balaban J connectivity index is 1.81. The molecule has 1 fully saturated rings. The molecule has 2 aromatic rings. The van der Waals surface area contributed by atoms with Gasteiger partial charge in [0.2, 0.25) is 0 Å². The van der Waals surface area contributed by atoms with Gasteiger partial charge in [-0.3, -0.25) is 4.79 Å². The second-order valence-corrected chi connectivity index (χ2v) is 10.1. The Hall–Kier alpha value is -1.63. The average Bonchev–Trinajstić information content (AvgIpc) is 3.46.